The largest absolute Gasteiger partial charge is 0.497 e. The highest BCUT2D eigenvalue weighted by atomic mass is 16.5. The lowest BCUT2D eigenvalue weighted by Gasteiger charge is -2.35. The molecule has 1 aromatic heterocycles. The highest BCUT2D eigenvalue weighted by Gasteiger charge is 2.30. The van der Waals surface area contributed by atoms with Crippen LogP contribution in [0.1, 0.15) is 41.4 Å². The van der Waals surface area contributed by atoms with Crippen LogP contribution in [0.5, 0.6) is 11.5 Å². The highest BCUT2D eigenvalue weighted by molar-refractivity contribution is 5.95. The Labute approximate surface area is 158 Å². The Morgan fingerprint density at radius 2 is 1.78 bits per heavy atom. The number of amides is 1. The van der Waals surface area contributed by atoms with Crippen molar-refractivity contribution in [3.05, 3.63) is 59.8 Å². The maximum Gasteiger partial charge on any atom is 0.254 e. The standard InChI is InChI=1S/C22H24N2O3/c1-26-17-11-16(12-18(14-17)27-2)22(25)24-10-6-5-9-21(24)20-13-15-7-3-4-8-19(15)23-20/h3-4,7-8,11-14,21,23H,5-6,9-10H2,1-2H3. The predicted octanol–water partition coefficient (Wildman–Crippen LogP) is 4.55. The molecule has 3 aromatic rings. The van der Waals surface area contributed by atoms with E-state index in [9.17, 15) is 4.79 Å². The summed E-state index contributed by atoms with van der Waals surface area (Å²) < 4.78 is 10.7. The number of carbonyl (C=O) groups is 1. The van der Waals surface area contributed by atoms with E-state index >= 15 is 0 Å². The summed E-state index contributed by atoms with van der Waals surface area (Å²) in [6.07, 6.45) is 3.09. The number of nitrogens with zero attached hydrogens (tertiary/aromatic N) is 1. The van der Waals surface area contributed by atoms with Gasteiger partial charge < -0.3 is 19.4 Å². The minimum absolute atomic E-state index is 0.00977. The maximum absolute atomic E-state index is 13.3. The van der Waals surface area contributed by atoms with Crippen LogP contribution in [0.4, 0.5) is 0 Å². The van der Waals surface area contributed by atoms with E-state index in [1.54, 1.807) is 32.4 Å². The SMILES string of the molecule is COc1cc(OC)cc(C(=O)N2CCCCC2c2cc3ccccc3[nH]2)c1. The second-order valence-corrected chi connectivity index (χ2v) is 6.92. The third-order valence-corrected chi connectivity index (χ3v) is 5.27. The molecule has 0 bridgehead atoms. The summed E-state index contributed by atoms with van der Waals surface area (Å²) in [6.45, 7) is 0.748. The molecule has 0 aliphatic carbocycles. The number of H-pyrrole nitrogens is 1. The second-order valence-electron chi connectivity index (χ2n) is 6.92. The third-order valence-electron chi connectivity index (χ3n) is 5.27. The van der Waals surface area contributed by atoms with E-state index in [-0.39, 0.29) is 11.9 Å². The van der Waals surface area contributed by atoms with Crippen LogP contribution < -0.4 is 9.47 Å². The normalized spacial score (nSPS) is 17.1. The number of piperidine rings is 1. The fourth-order valence-corrected chi connectivity index (χ4v) is 3.87. The van der Waals surface area contributed by atoms with Crippen LogP contribution in [0.3, 0.4) is 0 Å². The quantitative estimate of drug-likeness (QED) is 0.739. The van der Waals surface area contributed by atoms with Crippen molar-refractivity contribution in [2.45, 2.75) is 25.3 Å². The zero-order chi connectivity index (χ0) is 18.8. The van der Waals surface area contributed by atoms with Gasteiger partial charge in [-0.25, -0.2) is 0 Å². The van der Waals surface area contributed by atoms with Crippen molar-refractivity contribution in [2.24, 2.45) is 0 Å². The molecule has 2 aromatic carbocycles. The summed E-state index contributed by atoms with van der Waals surface area (Å²) in [5.41, 5.74) is 2.79. The number of benzene rings is 2. The van der Waals surface area contributed by atoms with Crippen molar-refractivity contribution in [2.75, 3.05) is 20.8 Å². The van der Waals surface area contributed by atoms with Crippen LogP contribution in [0, 0.1) is 0 Å². The fraction of sp³-hybridized carbons (Fsp3) is 0.318. The van der Waals surface area contributed by atoms with Crippen molar-refractivity contribution in [1.82, 2.24) is 9.88 Å². The van der Waals surface area contributed by atoms with Gasteiger partial charge in [0.25, 0.3) is 5.91 Å². The van der Waals surface area contributed by atoms with E-state index in [0.717, 1.165) is 37.0 Å². The molecule has 5 heteroatoms. The number of ether oxygens (including phenoxy) is 2. The van der Waals surface area contributed by atoms with Gasteiger partial charge in [0.1, 0.15) is 11.5 Å². The maximum atomic E-state index is 13.3. The van der Waals surface area contributed by atoms with Crippen molar-refractivity contribution in [1.29, 1.82) is 0 Å². The highest BCUT2D eigenvalue weighted by Crippen LogP contribution is 2.34. The number of fused-ring (bicyclic) bond motifs is 1. The van der Waals surface area contributed by atoms with E-state index < -0.39 is 0 Å². The molecule has 5 nitrogen and oxygen atoms in total. The van der Waals surface area contributed by atoms with Crippen molar-refractivity contribution < 1.29 is 14.3 Å². The summed E-state index contributed by atoms with van der Waals surface area (Å²) in [5, 5.41) is 1.17. The number of nitrogens with one attached hydrogen (secondary N) is 1. The van der Waals surface area contributed by atoms with Crippen LogP contribution in [0.15, 0.2) is 48.5 Å². The Morgan fingerprint density at radius 3 is 2.48 bits per heavy atom. The molecule has 1 amide bonds. The van der Waals surface area contributed by atoms with E-state index in [2.05, 4.69) is 23.2 Å². The predicted molar refractivity (Wildman–Crippen MR) is 105 cm³/mol. The van der Waals surface area contributed by atoms with Crippen molar-refractivity contribution in [3.63, 3.8) is 0 Å². The molecular formula is C22H24N2O3. The zero-order valence-electron chi connectivity index (χ0n) is 15.7. The number of aromatic amines is 1. The lowest BCUT2D eigenvalue weighted by atomic mass is 9.98. The second kappa shape index (κ2) is 7.35. The van der Waals surface area contributed by atoms with Crippen LogP contribution in [0.2, 0.25) is 0 Å². The smallest absolute Gasteiger partial charge is 0.254 e. The summed E-state index contributed by atoms with van der Waals surface area (Å²) in [7, 11) is 3.19. The minimum Gasteiger partial charge on any atom is -0.497 e. The number of para-hydroxylation sites is 1. The Kier molecular flexibility index (Phi) is 4.75. The summed E-state index contributed by atoms with van der Waals surface area (Å²) >= 11 is 0. The number of carbonyl (C=O) groups excluding carboxylic acids is 1. The lowest BCUT2D eigenvalue weighted by molar-refractivity contribution is 0.0606. The molecule has 1 aliphatic heterocycles. The molecule has 1 N–H and O–H groups in total. The molecule has 1 unspecified atom stereocenters. The first-order valence-corrected chi connectivity index (χ1v) is 9.31. The van der Waals surface area contributed by atoms with Gasteiger partial charge in [-0.3, -0.25) is 4.79 Å². The molecule has 2 heterocycles. The van der Waals surface area contributed by atoms with E-state index in [4.69, 9.17) is 9.47 Å². The van der Waals surface area contributed by atoms with Gasteiger partial charge in [-0.05, 0) is 48.9 Å². The van der Waals surface area contributed by atoms with Gasteiger partial charge in [0, 0.05) is 29.4 Å². The van der Waals surface area contributed by atoms with Crippen LogP contribution in [-0.2, 0) is 0 Å². The lowest BCUT2D eigenvalue weighted by Crippen LogP contribution is -2.38. The van der Waals surface area contributed by atoms with Gasteiger partial charge in [0.15, 0.2) is 0 Å². The van der Waals surface area contributed by atoms with E-state index in [0.29, 0.717) is 17.1 Å². The molecule has 0 spiro atoms. The van der Waals surface area contributed by atoms with E-state index in [1.807, 2.05) is 17.0 Å². The molecule has 4 rings (SSSR count). The summed E-state index contributed by atoms with van der Waals surface area (Å²) in [5.74, 6) is 1.25. The summed E-state index contributed by atoms with van der Waals surface area (Å²) in [6, 6.07) is 15.8. The first-order chi connectivity index (χ1) is 13.2. The Bertz CT molecular complexity index is 908. The molecule has 1 aliphatic rings. The van der Waals surface area contributed by atoms with Gasteiger partial charge >= 0.3 is 0 Å². The number of aromatic nitrogens is 1. The topological polar surface area (TPSA) is 54.6 Å². The molecule has 0 radical (unpaired) electrons. The van der Waals surface area contributed by atoms with E-state index in [1.165, 1.54) is 5.39 Å². The zero-order valence-corrected chi connectivity index (χ0v) is 15.7. The fourth-order valence-electron chi connectivity index (χ4n) is 3.87. The molecule has 1 atom stereocenters. The molecule has 140 valence electrons. The average molecular weight is 364 g/mol. The molecule has 1 fully saturated rings. The third kappa shape index (κ3) is 3.37. The van der Waals surface area contributed by atoms with Gasteiger partial charge in [0.05, 0.1) is 20.3 Å². The minimum atomic E-state index is 0.00977. The average Bonchev–Trinajstić information content (AvgIpc) is 3.17. The Morgan fingerprint density at radius 1 is 1.04 bits per heavy atom. The number of likely N-dealkylation sites (tertiary alicyclic amines) is 1. The summed E-state index contributed by atoms with van der Waals surface area (Å²) in [4.78, 5) is 18.8. The first-order valence-electron chi connectivity index (χ1n) is 9.31. The van der Waals surface area contributed by atoms with Crippen LogP contribution in [0.25, 0.3) is 10.9 Å². The van der Waals surface area contributed by atoms with Crippen molar-refractivity contribution in [3.8, 4) is 11.5 Å². The molecule has 0 saturated carbocycles. The molecule has 27 heavy (non-hydrogen) atoms. The van der Waals surface area contributed by atoms with Crippen LogP contribution >= 0.6 is 0 Å². The number of rotatable bonds is 4. The number of hydrogen-bond acceptors (Lipinski definition) is 3. The number of methoxy groups -OCH3 is 2. The monoisotopic (exact) mass is 364 g/mol. The van der Waals surface area contributed by atoms with Gasteiger partial charge in [-0.2, -0.15) is 0 Å². The molecular weight excluding hydrogens is 340 g/mol. The van der Waals surface area contributed by atoms with Gasteiger partial charge in [-0.15, -0.1) is 0 Å². The first kappa shape index (κ1) is 17.5. The van der Waals surface area contributed by atoms with Gasteiger partial charge in [-0.1, -0.05) is 18.2 Å². The Balaban J connectivity index is 1.68. The van der Waals surface area contributed by atoms with Gasteiger partial charge in [0.2, 0.25) is 0 Å². The number of hydrogen-bond donors (Lipinski definition) is 1. The Hall–Kier alpha value is -2.95. The molecule has 1 saturated heterocycles. The van der Waals surface area contributed by atoms with Crippen LogP contribution in [-0.4, -0.2) is 36.6 Å². The van der Waals surface area contributed by atoms with Crippen molar-refractivity contribution >= 4 is 16.8 Å².